The van der Waals surface area contributed by atoms with Gasteiger partial charge in [-0.05, 0) is 70.5 Å². The Morgan fingerprint density at radius 1 is 0.812 bits per heavy atom. The van der Waals surface area contributed by atoms with Gasteiger partial charge in [0.15, 0.2) is 0 Å². The zero-order chi connectivity index (χ0) is 22.8. The van der Waals surface area contributed by atoms with Crippen LogP contribution >= 0.6 is 0 Å². The molecule has 0 spiro atoms. The molecule has 0 radical (unpaired) electrons. The van der Waals surface area contributed by atoms with Crippen LogP contribution in [0.25, 0.3) is 32.8 Å². The summed E-state index contributed by atoms with van der Waals surface area (Å²) in [6.45, 7) is 15.9. The van der Waals surface area contributed by atoms with E-state index in [0.29, 0.717) is 0 Å². The third kappa shape index (κ3) is 3.77. The van der Waals surface area contributed by atoms with E-state index in [1.807, 2.05) is 6.20 Å². The van der Waals surface area contributed by atoms with Crippen molar-refractivity contribution in [2.75, 3.05) is 0 Å². The summed E-state index contributed by atoms with van der Waals surface area (Å²) < 4.78 is 6.78. The molecular formula is C30H33NO. The fourth-order valence-electron chi connectivity index (χ4n) is 5.03. The second-order valence-electron chi connectivity index (χ2n) is 11.9. The van der Waals surface area contributed by atoms with Crippen molar-refractivity contribution in [3.63, 3.8) is 0 Å². The van der Waals surface area contributed by atoms with Crippen molar-refractivity contribution in [3.8, 4) is 22.8 Å². The number of ether oxygens (including phenoxy) is 1. The molecule has 1 aromatic heterocycles. The van der Waals surface area contributed by atoms with Gasteiger partial charge in [0.2, 0.25) is 0 Å². The Labute approximate surface area is 191 Å². The Hall–Kier alpha value is -2.87. The van der Waals surface area contributed by atoms with Gasteiger partial charge < -0.3 is 4.74 Å². The van der Waals surface area contributed by atoms with E-state index in [2.05, 4.69) is 90.9 Å². The van der Waals surface area contributed by atoms with Crippen LogP contribution in [-0.4, -0.2) is 4.98 Å². The molecule has 0 saturated carbocycles. The van der Waals surface area contributed by atoms with Gasteiger partial charge >= 0.3 is 0 Å². The molecule has 0 aliphatic carbocycles. The van der Waals surface area contributed by atoms with Crippen LogP contribution in [0.3, 0.4) is 0 Å². The topological polar surface area (TPSA) is 22.1 Å². The normalized spacial score (nSPS) is 13.3. The van der Waals surface area contributed by atoms with Crippen molar-refractivity contribution in [2.45, 2.75) is 61.3 Å². The first-order chi connectivity index (χ1) is 15.0. The van der Waals surface area contributed by atoms with Crippen molar-refractivity contribution < 1.29 is 4.74 Å². The van der Waals surface area contributed by atoms with Gasteiger partial charge in [-0.2, -0.15) is 0 Å². The van der Waals surface area contributed by atoms with Crippen molar-refractivity contribution >= 4 is 21.5 Å². The Morgan fingerprint density at radius 2 is 1.56 bits per heavy atom. The summed E-state index contributed by atoms with van der Waals surface area (Å²) in [7, 11) is 0. The quantitative estimate of drug-likeness (QED) is 0.283. The number of pyridine rings is 1. The van der Waals surface area contributed by atoms with Crippen molar-refractivity contribution in [2.24, 2.45) is 10.8 Å². The average molecular weight is 424 g/mol. The van der Waals surface area contributed by atoms with E-state index in [-0.39, 0.29) is 10.8 Å². The van der Waals surface area contributed by atoms with E-state index in [9.17, 15) is 0 Å². The predicted octanol–water partition coefficient (Wildman–Crippen LogP) is 8.65. The second-order valence-corrected chi connectivity index (χ2v) is 11.9. The number of hydrogen-bond donors (Lipinski definition) is 0. The number of fused-ring (bicyclic) bond motifs is 3. The van der Waals surface area contributed by atoms with Crippen LogP contribution in [0, 0.1) is 17.8 Å². The number of hydrogen-bond acceptors (Lipinski definition) is 2. The summed E-state index contributed by atoms with van der Waals surface area (Å²) in [5.74, 6) is 1.93. The highest BCUT2D eigenvalue weighted by Crippen LogP contribution is 2.50. The highest BCUT2D eigenvalue weighted by molar-refractivity contribution is 6.06. The maximum absolute atomic E-state index is 6.78. The second kappa shape index (κ2) is 7.07. The summed E-state index contributed by atoms with van der Waals surface area (Å²) >= 11 is 0. The third-order valence-corrected chi connectivity index (χ3v) is 6.15. The number of nitrogens with zero attached hydrogens (tertiary/aromatic N) is 1. The molecule has 0 amide bonds. The van der Waals surface area contributed by atoms with Crippen molar-refractivity contribution in [1.82, 2.24) is 4.98 Å². The Balaban J connectivity index is 1.81. The number of rotatable bonds is 2. The van der Waals surface area contributed by atoms with Crippen LogP contribution in [0.4, 0.5) is 0 Å². The van der Waals surface area contributed by atoms with Gasteiger partial charge in [-0.3, -0.25) is 4.98 Å². The number of benzene rings is 3. The smallest absolute Gasteiger partial charge is 0.140 e. The molecule has 0 bridgehead atoms. The molecule has 3 aromatic carbocycles. The van der Waals surface area contributed by atoms with E-state index in [1.54, 1.807) is 0 Å². The first-order valence-corrected chi connectivity index (χ1v) is 11.6. The molecule has 164 valence electrons. The van der Waals surface area contributed by atoms with Crippen LogP contribution in [0.1, 0.15) is 58.2 Å². The molecule has 1 aliphatic heterocycles. The monoisotopic (exact) mass is 423 g/mol. The molecule has 4 aromatic rings. The zero-order valence-electron chi connectivity index (χ0n) is 20.4. The number of aromatic nitrogens is 1. The summed E-state index contributed by atoms with van der Waals surface area (Å²) in [6, 6.07) is 15.7. The van der Waals surface area contributed by atoms with Crippen LogP contribution in [0.5, 0.6) is 11.5 Å². The van der Waals surface area contributed by atoms with Gasteiger partial charge in [-0.1, -0.05) is 71.4 Å². The molecule has 5 rings (SSSR count). The van der Waals surface area contributed by atoms with E-state index < -0.39 is 0 Å². The van der Waals surface area contributed by atoms with Gasteiger partial charge in [0.05, 0.1) is 11.1 Å². The lowest BCUT2D eigenvalue weighted by Gasteiger charge is -2.28. The van der Waals surface area contributed by atoms with Gasteiger partial charge in [-0.15, -0.1) is 0 Å². The summed E-state index contributed by atoms with van der Waals surface area (Å²) in [4.78, 5) is 4.87. The maximum atomic E-state index is 6.78. The molecule has 32 heavy (non-hydrogen) atoms. The summed E-state index contributed by atoms with van der Waals surface area (Å²) in [5.41, 5.74) is 6.39. The largest absolute Gasteiger partial charge is 0.456 e. The van der Waals surface area contributed by atoms with Crippen LogP contribution in [0.2, 0.25) is 0 Å². The molecular weight excluding hydrogens is 390 g/mol. The standard InChI is InChI=1S/C30H33NO/c1-18-8-9-22-21(12-18)15-23-27-26-20(10-11-31-27)13-19(16-29(2,3)4)14-25(26)32-28(23)24(22)17-30(5,6)7/h8-15H,16-17H2,1-7H3. The van der Waals surface area contributed by atoms with Crippen LogP contribution in [0.15, 0.2) is 48.7 Å². The minimum absolute atomic E-state index is 0.143. The van der Waals surface area contributed by atoms with E-state index >= 15 is 0 Å². The average Bonchev–Trinajstić information content (AvgIpc) is 2.66. The van der Waals surface area contributed by atoms with Gasteiger partial charge in [0.25, 0.3) is 0 Å². The van der Waals surface area contributed by atoms with Crippen molar-refractivity contribution in [1.29, 1.82) is 0 Å². The number of aryl methyl sites for hydroxylation is 1. The predicted molar refractivity (Wildman–Crippen MR) is 136 cm³/mol. The third-order valence-electron chi connectivity index (χ3n) is 6.15. The SMILES string of the molecule is Cc1ccc2c(CC(C)(C)C)c3c(cc2c1)-c1nccc2cc(CC(C)(C)C)cc(c12)O3. The Bertz CT molecular complexity index is 1370. The zero-order valence-corrected chi connectivity index (χ0v) is 20.4. The first kappa shape index (κ1) is 21.0. The maximum Gasteiger partial charge on any atom is 0.140 e. The lowest BCUT2D eigenvalue weighted by Crippen LogP contribution is -2.13. The lowest BCUT2D eigenvalue weighted by molar-refractivity contribution is 0.398. The molecule has 0 saturated heterocycles. The Morgan fingerprint density at radius 3 is 2.28 bits per heavy atom. The van der Waals surface area contributed by atoms with E-state index in [4.69, 9.17) is 9.72 Å². The molecule has 2 nitrogen and oxygen atoms in total. The fraction of sp³-hybridized carbons (Fsp3) is 0.367. The Kier molecular flexibility index (Phi) is 4.64. The highest BCUT2D eigenvalue weighted by Gasteiger charge is 2.28. The molecule has 0 N–H and O–H groups in total. The highest BCUT2D eigenvalue weighted by atomic mass is 16.5. The van der Waals surface area contributed by atoms with Crippen LogP contribution < -0.4 is 4.74 Å². The van der Waals surface area contributed by atoms with E-state index in [0.717, 1.165) is 41.0 Å². The van der Waals surface area contributed by atoms with Crippen molar-refractivity contribution in [3.05, 3.63) is 65.4 Å². The van der Waals surface area contributed by atoms with Crippen LogP contribution in [-0.2, 0) is 12.8 Å². The molecule has 0 fully saturated rings. The van der Waals surface area contributed by atoms with Gasteiger partial charge in [0.1, 0.15) is 11.5 Å². The fourth-order valence-corrected chi connectivity index (χ4v) is 5.03. The minimum atomic E-state index is 0.143. The minimum Gasteiger partial charge on any atom is -0.456 e. The molecule has 1 aliphatic rings. The molecule has 2 heteroatoms. The van der Waals surface area contributed by atoms with Gasteiger partial charge in [0, 0.05) is 17.3 Å². The summed E-state index contributed by atoms with van der Waals surface area (Å²) in [5, 5.41) is 4.88. The molecule has 2 heterocycles. The van der Waals surface area contributed by atoms with E-state index in [1.165, 1.54) is 32.8 Å². The lowest BCUT2D eigenvalue weighted by atomic mass is 9.83. The first-order valence-electron chi connectivity index (χ1n) is 11.6. The van der Waals surface area contributed by atoms with Gasteiger partial charge in [-0.25, -0.2) is 0 Å². The molecule has 0 atom stereocenters. The summed E-state index contributed by atoms with van der Waals surface area (Å²) in [6.07, 6.45) is 3.90. The molecule has 0 unspecified atom stereocenters.